The van der Waals surface area contributed by atoms with Gasteiger partial charge in [0.05, 0.1) is 19.8 Å². The zero-order valence-electron chi connectivity index (χ0n) is 16.6. The number of methoxy groups -OCH3 is 2. The van der Waals surface area contributed by atoms with Crippen molar-refractivity contribution in [3.63, 3.8) is 0 Å². The first-order valence-electron chi connectivity index (χ1n) is 9.02. The molecule has 0 amide bonds. The van der Waals surface area contributed by atoms with E-state index >= 15 is 0 Å². The summed E-state index contributed by atoms with van der Waals surface area (Å²) in [7, 11) is 3.19. The zero-order chi connectivity index (χ0) is 21.1. The number of nitrogens with zero attached hydrogens (tertiary/aromatic N) is 2. The van der Waals surface area contributed by atoms with Crippen molar-refractivity contribution in [1.82, 2.24) is 5.10 Å². The van der Waals surface area contributed by atoms with Crippen LogP contribution in [-0.4, -0.2) is 19.3 Å². The summed E-state index contributed by atoms with van der Waals surface area (Å²) in [6, 6.07) is 19.8. The SMILES string of the molecule is COc1cc(Br)c(-c2sc(Nc3ccccc3)n[n+]2-c2ccc(F)cc2)cc1OC.[Cl-]. The minimum atomic E-state index is -0.300. The van der Waals surface area contributed by atoms with Gasteiger partial charge >= 0.3 is 5.01 Å². The number of ether oxygens (including phenoxy) is 2. The Bertz CT molecular complexity index is 1170. The molecule has 4 aromatic rings. The Hall–Kier alpha value is -2.68. The third-order valence-electron chi connectivity index (χ3n) is 4.38. The van der Waals surface area contributed by atoms with Gasteiger partial charge in [-0.15, -0.1) is 0 Å². The molecule has 1 aromatic heterocycles. The number of benzene rings is 3. The van der Waals surface area contributed by atoms with Crippen molar-refractivity contribution in [2.24, 2.45) is 0 Å². The summed E-state index contributed by atoms with van der Waals surface area (Å²) < 4.78 is 27.0. The second-order valence-electron chi connectivity index (χ2n) is 6.28. The van der Waals surface area contributed by atoms with Crippen LogP contribution in [-0.2, 0) is 0 Å². The van der Waals surface area contributed by atoms with Crippen LogP contribution in [0.1, 0.15) is 0 Å². The topological polar surface area (TPSA) is 47.3 Å². The highest BCUT2D eigenvalue weighted by molar-refractivity contribution is 9.10. The van der Waals surface area contributed by atoms with Crippen molar-refractivity contribution in [2.75, 3.05) is 19.5 Å². The lowest BCUT2D eigenvalue weighted by Gasteiger charge is -2.09. The highest BCUT2D eigenvalue weighted by atomic mass is 79.9. The van der Waals surface area contributed by atoms with Crippen molar-refractivity contribution >= 4 is 38.1 Å². The third kappa shape index (κ3) is 4.98. The van der Waals surface area contributed by atoms with E-state index in [1.807, 2.05) is 42.5 Å². The number of halogens is 3. The predicted octanol–water partition coefficient (Wildman–Crippen LogP) is 2.75. The van der Waals surface area contributed by atoms with Crippen LogP contribution in [0.15, 0.2) is 71.2 Å². The van der Waals surface area contributed by atoms with Gasteiger partial charge in [0, 0.05) is 33.5 Å². The van der Waals surface area contributed by atoms with Crippen LogP contribution in [0.5, 0.6) is 11.5 Å². The third-order valence-corrected chi connectivity index (χ3v) is 6.00. The maximum absolute atomic E-state index is 13.5. The van der Waals surface area contributed by atoms with Crippen LogP contribution in [0.25, 0.3) is 16.3 Å². The van der Waals surface area contributed by atoms with E-state index in [-0.39, 0.29) is 18.2 Å². The van der Waals surface area contributed by atoms with E-state index in [2.05, 4.69) is 21.2 Å². The average molecular weight is 523 g/mol. The van der Waals surface area contributed by atoms with Gasteiger partial charge in [-0.25, -0.2) is 4.39 Å². The minimum Gasteiger partial charge on any atom is -1.00 e. The molecule has 0 fully saturated rings. The van der Waals surface area contributed by atoms with Gasteiger partial charge in [0.2, 0.25) is 5.69 Å². The van der Waals surface area contributed by atoms with E-state index in [1.165, 1.54) is 23.5 Å². The minimum absolute atomic E-state index is 0. The monoisotopic (exact) mass is 521 g/mol. The van der Waals surface area contributed by atoms with Crippen molar-refractivity contribution in [3.05, 3.63) is 77.0 Å². The van der Waals surface area contributed by atoms with Gasteiger partial charge in [-0.1, -0.05) is 18.2 Å². The maximum Gasteiger partial charge on any atom is 0.306 e. The molecule has 0 aliphatic heterocycles. The number of aromatic nitrogens is 2. The highest BCUT2D eigenvalue weighted by Gasteiger charge is 2.27. The summed E-state index contributed by atoms with van der Waals surface area (Å²) in [4.78, 5) is 0. The quantitative estimate of drug-likeness (QED) is 0.396. The number of anilines is 2. The molecule has 4 rings (SSSR count). The highest BCUT2D eigenvalue weighted by Crippen LogP contribution is 2.40. The molecule has 0 saturated carbocycles. The number of rotatable bonds is 6. The van der Waals surface area contributed by atoms with Crippen LogP contribution < -0.4 is 31.9 Å². The molecule has 0 bridgehead atoms. The lowest BCUT2D eigenvalue weighted by atomic mass is 10.2. The number of hydrogen-bond donors (Lipinski definition) is 1. The van der Waals surface area contributed by atoms with Crippen molar-refractivity contribution in [1.29, 1.82) is 0 Å². The molecule has 0 atom stereocenters. The Morgan fingerprint density at radius 3 is 2.26 bits per heavy atom. The van der Waals surface area contributed by atoms with Crippen LogP contribution >= 0.6 is 27.3 Å². The molecular weight excluding hydrogens is 505 g/mol. The molecule has 31 heavy (non-hydrogen) atoms. The first-order valence-corrected chi connectivity index (χ1v) is 10.6. The fraction of sp³-hybridized carbons (Fsp3) is 0.0909. The van der Waals surface area contributed by atoms with Gasteiger partial charge in [0.25, 0.3) is 5.13 Å². The van der Waals surface area contributed by atoms with Crippen LogP contribution in [0.3, 0.4) is 0 Å². The predicted molar refractivity (Wildman–Crippen MR) is 120 cm³/mol. The Labute approximate surface area is 198 Å². The summed E-state index contributed by atoms with van der Waals surface area (Å²) in [6.45, 7) is 0. The number of para-hydroxylation sites is 1. The Morgan fingerprint density at radius 1 is 0.968 bits per heavy atom. The molecule has 0 spiro atoms. The van der Waals surface area contributed by atoms with E-state index in [4.69, 9.17) is 14.6 Å². The summed E-state index contributed by atoms with van der Waals surface area (Å²) in [5.41, 5.74) is 2.54. The van der Waals surface area contributed by atoms with Gasteiger partial charge in [-0.05, 0) is 62.3 Å². The van der Waals surface area contributed by atoms with E-state index in [0.29, 0.717) is 16.6 Å². The molecule has 160 valence electrons. The number of nitrogens with one attached hydrogen (secondary N) is 1. The average Bonchev–Trinajstić information content (AvgIpc) is 3.18. The first-order chi connectivity index (χ1) is 14.6. The van der Waals surface area contributed by atoms with Crippen LogP contribution in [0.4, 0.5) is 15.2 Å². The Morgan fingerprint density at radius 2 is 1.61 bits per heavy atom. The summed E-state index contributed by atoms with van der Waals surface area (Å²) >= 11 is 5.11. The molecule has 0 aliphatic carbocycles. The summed E-state index contributed by atoms with van der Waals surface area (Å²) in [5.74, 6) is 0.923. The molecule has 3 aromatic carbocycles. The molecule has 1 N–H and O–H groups in total. The number of hydrogen-bond acceptors (Lipinski definition) is 5. The first kappa shape index (κ1) is 23.0. The van der Waals surface area contributed by atoms with E-state index in [9.17, 15) is 4.39 Å². The van der Waals surface area contributed by atoms with E-state index in [1.54, 1.807) is 31.0 Å². The normalized spacial score (nSPS) is 10.3. The largest absolute Gasteiger partial charge is 1.00 e. The fourth-order valence-electron chi connectivity index (χ4n) is 2.93. The van der Waals surface area contributed by atoms with E-state index in [0.717, 1.165) is 26.4 Å². The van der Waals surface area contributed by atoms with Crippen LogP contribution in [0, 0.1) is 5.82 Å². The Kier molecular flexibility index (Phi) is 7.48. The van der Waals surface area contributed by atoms with Gasteiger partial charge < -0.3 is 27.2 Å². The van der Waals surface area contributed by atoms with Crippen molar-refractivity contribution in [2.45, 2.75) is 0 Å². The van der Waals surface area contributed by atoms with Gasteiger partial charge in [0.1, 0.15) is 5.82 Å². The van der Waals surface area contributed by atoms with Crippen molar-refractivity contribution < 1.29 is 31.0 Å². The Balaban J connectivity index is 0.00000272. The molecule has 0 unspecified atom stereocenters. The van der Waals surface area contributed by atoms with Crippen LogP contribution in [0.2, 0.25) is 0 Å². The molecule has 0 radical (unpaired) electrons. The summed E-state index contributed by atoms with van der Waals surface area (Å²) in [5, 5.41) is 9.59. The second kappa shape index (κ2) is 10.1. The fourth-order valence-corrected chi connectivity index (χ4v) is 4.56. The van der Waals surface area contributed by atoms with Gasteiger partial charge in [-0.2, -0.15) is 0 Å². The molecule has 5 nitrogen and oxygen atoms in total. The molecule has 9 heteroatoms. The van der Waals surface area contributed by atoms with E-state index < -0.39 is 0 Å². The molecule has 0 saturated heterocycles. The van der Waals surface area contributed by atoms with Gasteiger partial charge in [0.15, 0.2) is 11.5 Å². The lowest BCUT2D eigenvalue weighted by Crippen LogP contribution is -3.00. The zero-order valence-corrected chi connectivity index (χ0v) is 19.8. The smallest absolute Gasteiger partial charge is 0.306 e. The summed E-state index contributed by atoms with van der Waals surface area (Å²) in [6.07, 6.45) is 0. The maximum atomic E-state index is 13.5. The molecular formula is C22H18BrClFN3O2S. The van der Waals surface area contributed by atoms with Crippen molar-refractivity contribution in [3.8, 4) is 27.8 Å². The lowest BCUT2D eigenvalue weighted by molar-refractivity contribution is -0.642. The van der Waals surface area contributed by atoms with Gasteiger partial charge in [-0.3, -0.25) is 0 Å². The molecule has 1 heterocycles. The standard InChI is InChI=1S/C22H18BrFN3O2S.ClH/c1-28-19-12-17(18(23)13-20(19)29-2)21-27(16-10-8-14(24)9-11-16)26-22(30-21)25-15-6-4-3-5-7-15;/h3-13H,1-2H3,(H,25,26);1H/q+1;/p-1. The molecule has 0 aliphatic rings. The second-order valence-corrected chi connectivity index (χ2v) is 8.11.